The van der Waals surface area contributed by atoms with Crippen molar-refractivity contribution in [2.24, 2.45) is 0 Å². The molecule has 0 saturated heterocycles. The van der Waals surface area contributed by atoms with Crippen molar-refractivity contribution in [3.63, 3.8) is 0 Å². The average molecular weight is 271 g/mol. The molecular formula is C16H17NO3. The molecule has 0 radical (unpaired) electrons. The first-order valence-corrected chi connectivity index (χ1v) is 6.48. The summed E-state index contributed by atoms with van der Waals surface area (Å²) in [6.45, 7) is 2.12. The van der Waals surface area contributed by atoms with Crippen LogP contribution in [-0.4, -0.2) is 31.6 Å². The molecule has 0 spiro atoms. The Balaban J connectivity index is 1.90. The van der Waals surface area contributed by atoms with E-state index in [0.29, 0.717) is 24.5 Å². The normalized spacial score (nSPS) is 10.7. The Morgan fingerprint density at radius 3 is 2.95 bits per heavy atom. The van der Waals surface area contributed by atoms with Gasteiger partial charge in [-0.1, -0.05) is 5.92 Å². The lowest BCUT2D eigenvalue weighted by atomic mass is 10.2. The van der Waals surface area contributed by atoms with Crippen LogP contribution in [0.15, 0.2) is 39.5 Å². The molecule has 20 heavy (non-hydrogen) atoms. The Bertz CT molecular complexity index is 669. The zero-order chi connectivity index (χ0) is 14.4. The highest BCUT2D eigenvalue weighted by Gasteiger charge is 2.01. The summed E-state index contributed by atoms with van der Waals surface area (Å²) in [4.78, 5) is 13.2. The summed E-state index contributed by atoms with van der Waals surface area (Å²) in [5, 5.41) is 0.880. The van der Waals surface area contributed by atoms with E-state index in [-0.39, 0.29) is 5.63 Å². The van der Waals surface area contributed by atoms with Gasteiger partial charge in [-0.15, -0.1) is 6.42 Å². The van der Waals surface area contributed by atoms with E-state index in [4.69, 9.17) is 15.6 Å². The first-order chi connectivity index (χ1) is 9.69. The Labute approximate surface area is 118 Å². The molecule has 0 amide bonds. The van der Waals surface area contributed by atoms with Crippen LogP contribution in [0.2, 0.25) is 0 Å². The second kappa shape index (κ2) is 6.78. The van der Waals surface area contributed by atoms with Crippen molar-refractivity contribution in [2.45, 2.75) is 6.42 Å². The smallest absolute Gasteiger partial charge is 0.336 e. The van der Waals surface area contributed by atoms with Crippen molar-refractivity contribution < 1.29 is 9.15 Å². The summed E-state index contributed by atoms with van der Waals surface area (Å²) in [6, 6.07) is 8.62. The van der Waals surface area contributed by atoms with E-state index in [1.807, 2.05) is 19.2 Å². The molecule has 0 aliphatic rings. The van der Waals surface area contributed by atoms with Crippen molar-refractivity contribution in [1.29, 1.82) is 0 Å². The number of terminal acetylenes is 1. The zero-order valence-corrected chi connectivity index (χ0v) is 11.5. The van der Waals surface area contributed by atoms with Gasteiger partial charge in [0.25, 0.3) is 0 Å². The van der Waals surface area contributed by atoms with Gasteiger partial charge < -0.3 is 9.15 Å². The molecule has 4 nitrogen and oxygen atoms in total. The number of ether oxygens (including phenoxy) is 1. The highest BCUT2D eigenvalue weighted by molar-refractivity contribution is 5.77. The Morgan fingerprint density at radius 1 is 1.35 bits per heavy atom. The van der Waals surface area contributed by atoms with Crippen molar-refractivity contribution in [2.75, 3.05) is 26.7 Å². The van der Waals surface area contributed by atoms with Crippen LogP contribution >= 0.6 is 0 Å². The maximum absolute atomic E-state index is 11.2. The van der Waals surface area contributed by atoms with Crippen LogP contribution in [0, 0.1) is 12.3 Å². The number of hydrogen-bond acceptors (Lipinski definition) is 4. The SMILES string of the molecule is C#CCN(C)CCCOc1ccc2ccc(=O)oc2c1. The fraction of sp³-hybridized carbons (Fsp3) is 0.312. The maximum atomic E-state index is 11.2. The predicted molar refractivity (Wildman–Crippen MR) is 78.9 cm³/mol. The molecule has 0 bridgehead atoms. The highest BCUT2D eigenvalue weighted by atomic mass is 16.5. The van der Waals surface area contributed by atoms with E-state index in [1.54, 1.807) is 12.1 Å². The van der Waals surface area contributed by atoms with E-state index in [2.05, 4.69) is 10.8 Å². The van der Waals surface area contributed by atoms with Gasteiger partial charge in [-0.3, -0.25) is 4.90 Å². The summed E-state index contributed by atoms with van der Waals surface area (Å²) >= 11 is 0. The largest absolute Gasteiger partial charge is 0.493 e. The highest BCUT2D eigenvalue weighted by Crippen LogP contribution is 2.19. The molecule has 104 valence electrons. The second-order valence-corrected chi connectivity index (χ2v) is 4.60. The van der Waals surface area contributed by atoms with Crippen molar-refractivity contribution >= 4 is 11.0 Å². The first-order valence-electron chi connectivity index (χ1n) is 6.48. The van der Waals surface area contributed by atoms with Crippen LogP contribution in [0.3, 0.4) is 0 Å². The maximum Gasteiger partial charge on any atom is 0.336 e. The lowest BCUT2D eigenvalue weighted by Crippen LogP contribution is -2.21. The van der Waals surface area contributed by atoms with Crippen molar-refractivity contribution in [3.05, 3.63) is 40.8 Å². The van der Waals surface area contributed by atoms with Gasteiger partial charge in [0.05, 0.1) is 13.2 Å². The lowest BCUT2D eigenvalue weighted by Gasteiger charge is -2.13. The fourth-order valence-corrected chi connectivity index (χ4v) is 1.89. The van der Waals surface area contributed by atoms with Crippen LogP contribution in [0.1, 0.15) is 6.42 Å². The molecule has 2 rings (SSSR count). The molecule has 4 heteroatoms. The molecule has 1 aromatic carbocycles. The molecule has 1 aromatic heterocycles. The summed E-state index contributed by atoms with van der Waals surface area (Å²) in [5.41, 5.74) is 0.185. The van der Waals surface area contributed by atoms with Gasteiger partial charge in [-0.25, -0.2) is 4.79 Å². The lowest BCUT2D eigenvalue weighted by molar-refractivity contribution is 0.274. The number of fused-ring (bicyclic) bond motifs is 1. The Morgan fingerprint density at radius 2 is 2.15 bits per heavy atom. The molecule has 0 unspecified atom stereocenters. The van der Waals surface area contributed by atoms with Crippen LogP contribution in [0.25, 0.3) is 11.0 Å². The molecule has 0 saturated carbocycles. The van der Waals surface area contributed by atoms with Crippen molar-refractivity contribution in [1.82, 2.24) is 4.90 Å². The molecule has 0 aliphatic heterocycles. The summed E-state index contributed by atoms with van der Waals surface area (Å²) in [5.74, 6) is 3.30. The Hall–Kier alpha value is -2.25. The third-order valence-electron chi connectivity index (χ3n) is 2.91. The molecule has 0 atom stereocenters. The second-order valence-electron chi connectivity index (χ2n) is 4.60. The van der Waals surface area contributed by atoms with Crippen LogP contribution < -0.4 is 10.4 Å². The van der Waals surface area contributed by atoms with Gasteiger partial charge in [0.15, 0.2) is 0 Å². The van der Waals surface area contributed by atoms with E-state index in [1.165, 1.54) is 6.07 Å². The number of hydrogen-bond donors (Lipinski definition) is 0. The quantitative estimate of drug-likeness (QED) is 0.458. The number of nitrogens with zero attached hydrogens (tertiary/aromatic N) is 1. The van der Waals surface area contributed by atoms with Gasteiger partial charge in [0.1, 0.15) is 11.3 Å². The number of benzene rings is 1. The molecule has 1 heterocycles. The average Bonchev–Trinajstić information content (AvgIpc) is 2.43. The Kier molecular flexibility index (Phi) is 4.80. The molecule has 0 N–H and O–H groups in total. The van der Waals surface area contributed by atoms with Crippen LogP contribution in [0.4, 0.5) is 0 Å². The monoisotopic (exact) mass is 271 g/mol. The van der Waals surface area contributed by atoms with E-state index in [9.17, 15) is 4.79 Å². The van der Waals surface area contributed by atoms with E-state index in [0.717, 1.165) is 18.4 Å². The van der Waals surface area contributed by atoms with Gasteiger partial charge in [0, 0.05) is 24.1 Å². The minimum Gasteiger partial charge on any atom is -0.493 e. The van der Waals surface area contributed by atoms with Gasteiger partial charge >= 0.3 is 5.63 Å². The van der Waals surface area contributed by atoms with Gasteiger partial charge in [0.2, 0.25) is 0 Å². The van der Waals surface area contributed by atoms with Gasteiger partial charge in [-0.2, -0.15) is 0 Å². The van der Waals surface area contributed by atoms with Crippen molar-refractivity contribution in [3.8, 4) is 18.1 Å². The third-order valence-corrected chi connectivity index (χ3v) is 2.91. The fourth-order valence-electron chi connectivity index (χ4n) is 1.89. The van der Waals surface area contributed by atoms with E-state index < -0.39 is 0 Å². The molecule has 2 aromatic rings. The topological polar surface area (TPSA) is 42.7 Å². The molecule has 0 fully saturated rings. The summed E-state index contributed by atoms with van der Waals surface area (Å²) < 4.78 is 10.8. The minimum atomic E-state index is -0.356. The van der Waals surface area contributed by atoms with Crippen LogP contribution in [0.5, 0.6) is 5.75 Å². The summed E-state index contributed by atoms with van der Waals surface area (Å²) in [6.07, 6.45) is 6.11. The third kappa shape index (κ3) is 3.87. The van der Waals surface area contributed by atoms with E-state index >= 15 is 0 Å². The minimum absolute atomic E-state index is 0.356. The van der Waals surface area contributed by atoms with Gasteiger partial charge in [-0.05, 0) is 31.7 Å². The molecular weight excluding hydrogens is 254 g/mol. The number of rotatable bonds is 6. The standard InChI is InChI=1S/C16H17NO3/c1-3-9-17(2)10-4-11-19-14-7-5-13-6-8-16(18)20-15(13)12-14/h1,5-8,12H,4,9-11H2,2H3. The van der Waals surface area contributed by atoms with Crippen LogP contribution in [-0.2, 0) is 0 Å². The zero-order valence-electron chi connectivity index (χ0n) is 11.5. The predicted octanol–water partition coefficient (Wildman–Crippen LogP) is 2.13. The molecule has 0 aliphatic carbocycles. The first kappa shape index (κ1) is 14.2. The summed E-state index contributed by atoms with van der Waals surface area (Å²) in [7, 11) is 1.98.